The number of aryl methyl sites for hydroxylation is 2. The van der Waals surface area contributed by atoms with Crippen molar-refractivity contribution in [3.63, 3.8) is 0 Å². The Kier molecular flexibility index (Phi) is 6.07. The summed E-state index contributed by atoms with van der Waals surface area (Å²) in [5.74, 6) is 0.646. The molecule has 5 rings (SSSR count). The fourth-order valence-electron chi connectivity index (χ4n) is 4.62. The van der Waals surface area contributed by atoms with Crippen LogP contribution in [0.4, 0.5) is 0 Å². The van der Waals surface area contributed by atoms with Crippen LogP contribution in [-0.4, -0.2) is 67.9 Å². The maximum atomic E-state index is 12.8. The summed E-state index contributed by atoms with van der Waals surface area (Å²) in [5.41, 5.74) is 3.33. The molecule has 3 aromatic heterocycles. The predicted octanol–water partition coefficient (Wildman–Crippen LogP) is 2.32. The summed E-state index contributed by atoms with van der Waals surface area (Å²) in [6, 6.07) is 7.08. The fraction of sp³-hybridized carbons (Fsp3) is 0.400. The van der Waals surface area contributed by atoms with Gasteiger partial charge < -0.3 is 23.8 Å². The van der Waals surface area contributed by atoms with Crippen LogP contribution in [0, 0.1) is 13.8 Å². The minimum atomic E-state index is -0.456. The third kappa shape index (κ3) is 4.29. The first kappa shape index (κ1) is 22.5. The number of fused-ring (bicyclic) bond motifs is 2. The largest absolute Gasteiger partial charge is 0.490 e. The first-order valence-electron chi connectivity index (χ1n) is 11.5. The number of aromatic nitrogens is 3. The van der Waals surface area contributed by atoms with Crippen LogP contribution in [-0.2, 0) is 0 Å². The van der Waals surface area contributed by atoms with Crippen LogP contribution in [0.25, 0.3) is 27.9 Å². The van der Waals surface area contributed by atoms with Gasteiger partial charge in [-0.15, -0.1) is 0 Å². The Bertz CT molecular complexity index is 1380. The van der Waals surface area contributed by atoms with Crippen LogP contribution < -0.4 is 10.4 Å². The molecule has 9 heteroatoms. The van der Waals surface area contributed by atoms with Gasteiger partial charge in [-0.1, -0.05) is 0 Å². The number of hydrogen-bond donors (Lipinski definition) is 2. The molecule has 2 N–H and O–H groups in total. The number of nitrogens with zero attached hydrogens (tertiary/aromatic N) is 4. The standard InChI is InChI=1S/C25H28N4O5/c1-15-11-29-12-22(27-24(29)16(2)26-15)21-9-17-3-4-20(10-23(17)34-25(21)32)33-19-5-7-28(8-6-19)18(13-30)14-31/h3-4,9-12,18-19,30-31H,5-8,13-14H2,1-2H3. The van der Waals surface area contributed by atoms with Gasteiger partial charge in [0.25, 0.3) is 0 Å². The van der Waals surface area contributed by atoms with E-state index in [9.17, 15) is 15.0 Å². The van der Waals surface area contributed by atoms with Gasteiger partial charge in [-0.05, 0) is 44.9 Å². The van der Waals surface area contributed by atoms with E-state index in [2.05, 4.69) is 14.9 Å². The number of piperidine rings is 1. The van der Waals surface area contributed by atoms with Crippen LogP contribution >= 0.6 is 0 Å². The lowest BCUT2D eigenvalue weighted by molar-refractivity contribution is 0.0287. The molecule has 1 aliphatic rings. The van der Waals surface area contributed by atoms with E-state index in [4.69, 9.17) is 9.15 Å². The number of rotatable bonds is 6. The first-order valence-corrected chi connectivity index (χ1v) is 11.5. The van der Waals surface area contributed by atoms with Crippen molar-refractivity contribution in [2.75, 3.05) is 26.3 Å². The number of aliphatic hydroxyl groups is 2. The van der Waals surface area contributed by atoms with Gasteiger partial charge >= 0.3 is 5.63 Å². The Morgan fingerprint density at radius 1 is 1.12 bits per heavy atom. The highest BCUT2D eigenvalue weighted by Gasteiger charge is 2.25. The monoisotopic (exact) mass is 464 g/mol. The molecule has 0 atom stereocenters. The molecule has 0 amide bonds. The minimum absolute atomic E-state index is 0.0241. The smallest absolute Gasteiger partial charge is 0.345 e. The fourth-order valence-corrected chi connectivity index (χ4v) is 4.62. The van der Waals surface area contributed by atoms with Crippen LogP contribution in [0.3, 0.4) is 0 Å². The summed E-state index contributed by atoms with van der Waals surface area (Å²) in [4.78, 5) is 23.9. The zero-order valence-corrected chi connectivity index (χ0v) is 19.3. The van der Waals surface area contributed by atoms with Crippen molar-refractivity contribution in [1.29, 1.82) is 0 Å². The number of benzene rings is 1. The highest BCUT2D eigenvalue weighted by molar-refractivity contribution is 5.82. The number of likely N-dealkylation sites (tertiary alicyclic amines) is 1. The van der Waals surface area contributed by atoms with E-state index in [-0.39, 0.29) is 25.4 Å². The Labute approximate surface area is 196 Å². The zero-order chi connectivity index (χ0) is 23.8. The number of aliphatic hydroxyl groups excluding tert-OH is 2. The second-order valence-electron chi connectivity index (χ2n) is 8.84. The van der Waals surface area contributed by atoms with E-state index in [0.717, 1.165) is 42.7 Å². The second-order valence-corrected chi connectivity index (χ2v) is 8.84. The lowest BCUT2D eigenvalue weighted by atomic mass is 10.1. The molecule has 1 saturated heterocycles. The molecule has 4 aromatic rings. The van der Waals surface area contributed by atoms with Crippen molar-refractivity contribution >= 4 is 16.6 Å². The van der Waals surface area contributed by atoms with Crippen molar-refractivity contribution in [1.82, 2.24) is 19.3 Å². The second kappa shape index (κ2) is 9.17. The van der Waals surface area contributed by atoms with E-state index >= 15 is 0 Å². The normalized spacial score (nSPS) is 15.6. The Morgan fingerprint density at radius 2 is 1.88 bits per heavy atom. The molecule has 0 radical (unpaired) electrons. The van der Waals surface area contributed by atoms with Crippen molar-refractivity contribution < 1.29 is 19.4 Å². The van der Waals surface area contributed by atoms with E-state index in [1.54, 1.807) is 12.1 Å². The molecule has 1 aliphatic heterocycles. The van der Waals surface area contributed by atoms with E-state index in [1.807, 2.05) is 42.8 Å². The van der Waals surface area contributed by atoms with Gasteiger partial charge in [-0.2, -0.15) is 0 Å². The van der Waals surface area contributed by atoms with Gasteiger partial charge in [0.15, 0.2) is 5.65 Å². The Hall–Kier alpha value is -3.27. The van der Waals surface area contributed by atoms with Gasteiger partial charge in [0, 0.05) is 36.9 Å². The molecule has 1 fully saturated rings. The third-order valence-electron chi connectivity index (χ3n) is 6.43. The topological polar surface area (TPSA) is 113 Å². The summed E-state index contributed by atoms with van der Waals surface area (Å²) in [6.07, 6.45) is 5.30. The molecular weight excluding hydrogens is 436 g/mol. The van der Waals surface area contributed by atoms with Crippen LogP contribution in [0.2, 0.25) is 0 Å². The SMILES string of the molecule is Cc1cn2cc(-c3cc4ccc(OC5CCN(C(CO)CO)CC5)cc4oc3=O)nc2c(C)n1. The molecule has 34 heavy (non-hydrogen) atoms. The van der Waals surface area contributed by atoms with E-state index in [0.29, 0.717) is 28.2 Å². The molecule has 178 valence electrons. The van der Waals surface area contributed by atoms with E-state index < -0.39 is 5.63 Å². The van der Waals surface area contributed by atoms with Gasteiger partial charge in [0.2, 0.25) is 0 Å². The molecule has 9 nitrogen and oxygen atoms in total. The van der Waals surface area contributed by atoms with Crippen molar-refractivity contribution in [2.45, 2.75) is 38.8 Å². The lowest BCUT2D eigenvalue weighted by Crippen LogP contribution is -2.47. The van der Waals surface area contributed by atoms with E-state index in [1.165, 1.54) is 0 Å². The van der Waals surface area contributed by atoms with Gasteiger partial charge in [-0.3, -0.25) is 9.88 Å². The Balaban J connectivity index is 1.36. The lowest BCUT2D eigenvalue weighted by Gasteiger charge is -2.36. The van der Waals surface area contributed by atoms with Crippen molar-refractivity contribution in [2.24, 2.45) is 0 Å². The minimum Gasteiger partial charge on any atom is -0.490 e. The predicted molar refractivity (Wildman–Crippen MR) is 127 cm³/mol. The third-order valence-corrected chi connectivity index (χ3v) is 6.43. The van der Waals surface area contributed by atoms with Crippen molar-refractivity contribution in [3.05, 3.63) is 58.5 Å². The average molecular weight is 465 g/mol. The summed E-state index contributed by atoms with van der Waals surface area (Å²) in [7, 11) is 0. The molecular formula is C25H28N4O5. The number of ether oxygens (including phenoxy) is 1. The molecule has 0 bridgehead atoms. The molecule has 0 unspecified atom stereocenters. The maximum absolute atomic E-state index is 12.8. The highest BCUT2D eigenvalue weighted by Crippen LogP contribution is 2.27. The quantitative estimate of drug-likeness (QED) is 0.418. The van der Waals surface area contributed by atoms with Gasteiger partial charge in [0.1, 0.15) is 17.4 Å². The highest BCUT2D eigenvalue weighted by atomic mass is 16.5. The van der Waals surface area contributed by atoms with Gasteiger partial charge in [-0.25, -0.2) is 9.78 Å². The zero-order valence-electron chi connectivity index (χ0n) is 19.3. The maximum Gasteiger partial charge on any atom is 0.345 e. The van der Waals surface area contributed by atoms with Crippen LogP contribution in [0.5, 0.6) is 5.75 Å². The first-order chi connectivity index (χ1) is 16.4. The molecule has 0 aliphatic carbocycles. The summed E-state index contributed by atoms with van der Waals surface area (Å²) in [5, 5.41) is 19.5. The molecule has 4 heterocycles. The molecule has 1 aromatic carbocycles. The molecule has 0 spiro atoms. The Morgan fingerprint density at radius 3 is 2.62 bits per heavy atom. The average Bonchev–Trinajstić information content (AvgIpc) is 3.24. The number of hydrogen-bond acceptors (Lipinski definition) is 8. The summed E-state index contributed by atoms with van der Waals surface area (Å²) >= 11 is 0. The van der Waals surface area contributed by atoms with Gasteiger partial charge in [0.05, 0.1) is 41.9 Å². The van der Waals surface area contributed by atoms with Crippen LogP contribution in [0.1, 0.15) is 24.2 Å². The summed E-state index contributed by atoms with van der Waals surface area (Å²) < 4.78 is 13.7. The van der Waals surface area contributed by atoms with Crippen LogP contribution in [0.15, 0.2) is 45.9 Å². The number of imidazole rings is 1. The molecule has 0 saturated carbocycles. The van der Waals surface area contributed by atoms with Crippen molar-refractivity contribution in [3.8, 4) is 17.0 Å². The summed E-state index contributed by atoms with van der Waals surface area (Å²) in [6.45, 7) is 5.19.